The van der Waals surface area contributed by atoms with Gasteiger partial charge in [0.15, 0.2) is 0 Å². The van der Waals surface area contributed by atoms with Gasteiger partial charge in [-0.2, -0.15) is 0 Å². The molecule has 7 heteroatoms. The maximum Gasteiger partial charge on any atom is 0.332 e. The second kappa shape index (κ2) is 7.00. The van der Waals surface area contributed by atoms with E-state index in [0.29, 0.717) is 16.8 Å². The molecule has 1 aliphatic rings. The maximum atomic E-state index is 13.0. The Hall–Kier alpha value is -2.15. The van der Waals surface area contributed by atoms with Gasteiger partial charge < -0.3 is 4.74 Å². The van der Waals surface area contributed by atoms with Crippen LogP contribution < -0.4 is 11.2 Å². The second-order valence-electron chi connectivity index (χ2n) is 6.41. The van der Waals surface area contributed by atoms with E-state index in [9.17, 15) is 14.4 Å². The van der Waals surface area contributed by atoms with Crippen LogP contribution in [-0.2, 0) is 35.5 Å². The van der Waals surface area contributed by atoms with Crippen LogP contribution >= 0.6 is 11.3 Å². The normalized spacial score (nSPS) is 13.7. The van der Waals surface area contributed by atoms with Gasteiger partial charge in [0.25, 0.3) is 5.56 Å². The Kier molecular flexibility index (Phi) is 4.94. The van der Waals surface area contributed by atoms with Crippen LogP contribution in [0.4, 0.5) is 0 Å². The van der Waals surface area contributed by atoms with Crippen LogP contribution in [0.5, 0.6) is 0 Å². The van der Waals surface area contributed by atoms with Crippen molar-refractivity contribution < 1.29 is 9.53 Å². The molecule has 2 heterocycles. The molecule has 0 aliphatic heterocycles. The summed E-state index contributed by atoms with van der Waals surface area (Å²) in [5, 5.41) is 0.588. The van der Waals surface area contributed by atoms with E-state index in [1.807, 2.05) is 6.92 Å². The number of thiophene rings is 1. The van der Waals surface area contributed by atoms with E-state index in [2.05, 4.69) is 6.58 Å². The molecule has 134 valence electrons. The zero-order valence-corrected chi connectivity index (χ0v) is 15.4. The molecule has 0 radical (unpaired) electrons. The molecule has 1 aliphatic carbocycles. The number of carbonyl (C=O) groups is 1. The minimum absolute atomic E-state index is 0.212. The molecule has 2 aromatic heterocycles. The van der Waals surface area contributed by atoms with Crippen molar-refractivity contribution >= 4 is 27.5 Å². The highest BCUT2D eigenvalue weighted by atomic mass is 32.1. The Morgan fingerprint density at radius 1 is 1.20 bits per heavy atom. The van der Waals surface area contributed by atoms with Gasteiger partial charge in [-0.15, -0.1) is 11.3 Å². The molecular formula is C18H22N2O4S. The van der Waals surface area contributed by atoms with Crippen LogP contribution in [0, 0.1) is 0 Å². The number of hydrogen-bond acceptors (Lipinski definition) is 5. The standard InChI is InChI=1S/C18H22N2O4S/c1-4-24-14(21)10-19-16(22)15-12-7-5-6-8-13(12)25-17(15)20(18(19)23)9-11(2)3/h2,4-10H2,1,3H3. The van der Waals surface area contributed by atoms with E-state index in [-0.39, 0.29) is 18.7 Å². The van der Waals surface area contributed by atoms with Gasteiger partial charge in [0.2, 0.25) is 0 Å². The largest absolute Gasteiger partial charge is 0.465 e. The zero-order valence-electron chi connectivity index (χ0n) is 14.6. The smallest absolute Gasteiger partial charge is 0.332 e. The van der Waals surface area contributed by atoms with Crippen molar-refractivity contribution in [3.63, 3.8) is 0 Å². The van der Waals surface area contributed by atoms with Gasteiger partial charge >= 0.3 is 11.7 Å². The molecule has 6 nitrogen and oxygen atoms in total. The zero-order chi connectivity index (χ0) is 18.1. The predicted octanol–water partition coefficient (Wildman–Crippen LogP) is 2.24. The lowest BCUT2D eigenvalue weighted by Crippen LogP contribution is -2.42. The lowest BCUT2D eigenvalue weighted by Gasteiger charge is -2.13. The van der Waals surface area contributed by atoms with Crippen molar-refractivity contribution in [1.29, 1.82) is 0 Å². The van der Waals surface area contributed by atoms with Crippen molar-refractivity contribution in [2.75, 3.05) is 6.61 Å². The summed E-state index contributed by atoms with van der Waals surface area (Å²) in [6, 6.07) is 0. The highest BCUT2D eigenvalue weighted by Gasteiger charge is 2.24. The molecule has 25 heavy (non-hydrogen) atoms. The first-order chi connectivity index (χ1) is 11.9. The van der Waals surface area contributed by atoms with Crippen molar-refractivity contribution in [2.45, 2.75) is 52.6 Å². The first-order valence-corrected chi connectivity index (χ1v) is 9.33. The molecule has 0 bridgehead atoms. The molecule has 0 N–H and O–H groups in total. The summed E-state index contributed by atoms with van der Waals surface area (Å²) in [5.41, 5.74) is 0.998. The summed E-state index contributed by atoms with van der Waals surface area (Å²) in [5.74, 6) is -0.577. The Labute approximate surface area is 149 Å². The number of carbonyl (C=O) groups excluding carboxylic acids is 1. The van der Waals surface area contributed by atoms with E-state index in [1.54, 1.807) is 11.5 Å². The minimum atomic E-state index is -0.577. The van der Waals surface area contributed by atoms with E-state index < -0.39 is 11.7 Å². The van der Waals surface area contributed by atoms with Gasteiger partial charge in [-0.1, -0.05) is 12.2 Å². The molecule has 0 fully saturated rings. The molecule has 0 saturated heterocycles. The number of fused-ring (bicyclic) bond motifs is 3. The van der Waals surface area contributed by atoms with Gasteiger partial charge in [0.05, 0.1) is 12.0 Å². The molecule has 3 rings (SSSR count). The highest BCUT2D eigenvalue weighted by Crippen LogP contribution is 2.34. The quantitative estimate of drug-likeness (QED) is 0.604. The summed E-state index contributed by atoms with van der Waals surface area (Å²) in [4.78, 5) is 39.6. The third-order valence-electron chi connectivity index (χ3n) is 4.34. The number of aryl methyl sites for hydroxylation is 2. The average molecular weight is 362 g/mol. The van der Waals surface area contributed by atoms with Crippen molar-refractivity contribution in [3.05, 3.63) is 43.4 Å². The number of rotatable bonds is 5. The number of esters is 1. The lowest BCUT2D eigenvalue weighted by molar-refractivity contribution is -0.143. The second-order valence-corrected chi connectivity index (χ2v) is 7.50. The Morgan fingerprint density at radius 2 is 1.92 bits per heavy atom. The highest BCUT2D eigenvalue weighted by molar-refractivity contribution is 7.18. The number of nitrogens with zero attached hydrogens (tertiary/aromatic N) is 2. The van der Waals surface area contributed by atoms with Gasteiger partial charge in [-0.25, -0.2) is 9.36 Å². The summed E-state index contributed by atoms with van der Waals surface area (Å²) in [7, 11) is 0. The number of hydrogen-bond donors (Lipinski definition) is 0. The van der Waals surface area contributed by atoms with Crippen LogP contribution in [0.3, 0.4) is 0 Å². The third kappa shape index (κ3) is 3.20. The molecule has 0 spiro atoms. The minimum Gasteiger partial charge on any atom is -0.465 e. The van der Waals surface area contributed by atoms with Crippen molar-refractivity contribution in [1.82, 2.24) is 9.13 Å². The van der Waals surface area contributed by atoms with Gasteiger partial charge in [-0.05, 0) is 45.1 Å². The lowest BCUT2D eigenvalue weighted by atomic mass is 9.97. The van der Waals surface area contributed by atoms with Crippen molar-refractivity contribution in [2.24, 2.45) is 0 Å². The van der Waals surface area contributed by atoms with Crippen LogP contribution in [0.25, 0.3) is 10.2 Å². The van der Waals surface area contributed by atoms with E-state index in [0.717, 1.165) is 41.4 Å². The summed E-state index contributed by atoms with van der Waals surface area (Å²) in [6.07, 6.45) is 3.92. The van der Waals surface area contributed by atoms with E-state index in [1.165, 1.54) is 16.2 Å². The van der Waals surface area contributed by atoms with Gasteiger partial charge in [-0.3, -0.25) is 14.2 Å². The first kappa shape index (κ1) is 17.7. The van der Waals surface area contributed by atoms with Crippen molar-refractivity contribution in [3.8, 4) is 0 Å². The Balaban J connectivity index is 2.29. The van der Waals surface area contributed by atoms with Crippen LogP contribution in [0.1, 0.15) is 37.1 Å². The molecule has 0 aromatic carbocycles. The van der Waals surface area contributed by atoms with Crippen LogP contribution in [0.15, 0.2) is 21.7 Å². The number of ether oxygens (including phenoxy) is 1. The maximum absolute atomic E-state index is 13.0. The topological polar surface area (TPSA) is 70.3 Å². The van der Waals surface area contributed by atoms with Gasteiger partial charge in [0, 0.05) is 11.4 Å². The van der Waals surface area contributed by atoms with E-state index >= 15 is 0 Å². The predicted molar refractivity (Wildman–Crippen MR) is 98.4 cm³/mol. The van der Waals surface area contributed by atoms with E-state index in [4.69, 9.17) is 4.74 Å². The monoisotopic (exact) mass is 362 g/mol. The first-order valence-electron chi connectivity index (χ1n) is 8.52. The fraction of sp³-hybridized carbons (Fsp3) is 0.500. The number of allylic oxidation sites excluding steroid dienone is 1. The Morgan fingerprint density at radius 3 is 2.60 bits per heavy atom. The average Bonchev–Trinajstić information content (AvgIpc) is 2.95. The molecular weight excluding hydrogens is 340 g/mol. The van der Waals surface area contributed by atoms with Crippen LogP contribution in [-0.4, -0.2) is 21.7 Å². The third-order valence-corrected chi connectivity index (χ3v) is 5.65. The molecule has 2 aromatic rings. The summed E-state index contributed by atoms with van der Waals surface area (Å²) in [6.45, 7) is 7.61. The van der Waals surface area contributed by atoms with Gasteiger partial charge in [0.1, 0.15) is 11.4 Å². The molecule has 0 amide bonds. The molecule has 0 saturated carbocycles. The summed E-state index contributed by atoms with van der Waals surface area (Å²) < 4.78 is 7.50. The molecule has 0 unspecified atom stereocenters. The SMILES string of the molecule is C=C(C)Cn1c(=O)n(CC(=O)OCC)c(=O)c2c3c(sc21)CCCC3. The summed E-state index contributed by atoms with van der Waals surface area (Å²) >= 11 is 1.53. The fourth-order valence-corrected chi connectivity index (χ4v) is 4.67. The fourth-order valence-electron chi connectivity index (χ4n) is 3.30. The number of aromatic nitrogens is 2. The Bertz CT molecular complexity index is 964. The molecule has 0 atom stereocenters. The van der Waals surface area contributed by atoms with Crippen LogP contribution in [0.2, 0.25) is 0 Å².